The van der Waals surface area contributed by atoms with E-state index in [1.165, 1.54) is 28.6 Å². The average Bonchev–Trinajstić information content (AvgIpc) is 3.44. The maximum absolute atomic E-state index is 12.6. The molecule has 1 atom stereocenters. The fraction of sp³-hybridized carbons (Fsp3) is 0.400. The van der Waals surface area contributed by atoms with E-state index in [0.29, 0.717) is 38.2 Å². The number of hydrogen-bond donors (Lipinski definition) is 1. The summed E-state index contributed by atoms with van der Waals surface area (Å²) in [6, 6.07) is 14.5. The van der Waals surface area contributed by atoms with Crippen LogP contribution in [0.4, 0.5) is 10.5 Å². The van der Waals surface area contributed by atoms with Crippen molar-refractivity contribution < 1.29 is 27.5 Å². The molecule has 0 aromatic heterocycles. The lowest BCUT2D eigenvalue weighted by Crippen LogP contribution is -2.44. The zero-order chi connectivity index (χ0) is 24.8. The molecule has 2 aliphatic heterocycles. The third-order valence-electron chi connectivity index (χ3n) is 6.29. The Morgan fingerprint density at radius 3 is 2.29 bits per heavy atom. The summed E-state index contributed by atoms with van der Waals surface area (Å²) in [4.78, 5) is 39.3. The van der Waals surface area contributed by atoms with Crippen LogP contribution in [0.5, 0.6) is 0 Å². The number of hydrogen-bond acceptors (Lipinski definition) is 6. The van der Waals surface area contributed by atoms with E-state index in [1.54, 1.807) is 17.0 Å². The molecule has 2 fully saturated rings. The number of urea groups is 1. The Balaban J connectivity index is 1.28. The SMILES string of the molecule is O=C(COC(=O)C1CCCN(C(=O)Nc2ccccc2)C1)c1ccc(S(=O)(=O)N2CCCC2)cc1. The lowest BCUT2D eigenvalue weighted by molar-refractivity contribution is -0.148. The maximum Gasteiger partial charge on any atom is 0.321 e. The zero-order valence-corrected chi connectivity index (χ0v) is 20.2. The Kier molecular flexibility index (Phi) is 7.82. The summed E-state index contributed by atoms with van der Waals surface area (Å²) in [5.41, 5.74) is 0.942. The number of rotatable bonds is 7. The van der Waals surface area contributed by atoms with Gasteiger partial charge in [-0.2, -0.15) is 4.31 Å². The fourth-order valence-electron chi connectivity index (χ4n) is 4.31. The summed E-state index contributed by atoms with van der Waals surface area (Å²) in [5.74, 6) is -1.45. The lowest BCUT2D eigenvalue weighted by atomic mass is 9.98. The number of sulfonamides is 1. The Morgan fingerprint density at radius 1 is 0.914 bits per heavy atom. The van der Waals surface area contributed by atoms with Crippen LogP contribution in [0, 0.1) is 5.92 Å². The molecule has 2 heterocycles. The zero-order valence-electron chi connectivity index (χ0n) is 19.4. The number of benzene rings is 2. The number of Topliss-reactive ketones (excluding diaryl/α,β-unsaturated/α-hetero) is 1. The largest absolute Gasteiger partial charge is 0.457 e. The van der Waals surface area contributed by atoms with Crippen molar-refractivity contribution >= 4 is 33.5 Å². The van der Waals surface area contributed by atoms with Gasteiger partial charge in [-0.15, -0.1) is 0 Å². The molecule has 0 bridgehead atoms. The van der Waals surface area contributed by atoms with Gasteiger partial charge >= 0.3 is 12.0 Å². The van der Waals surface area contributed by atoms with Gasteiger partial charge in [-0.25, -0.2) is 13.2 Å². The van der Waals surface area contributed by atoms with Crippen molar-refractivity contribution in [1.29, 1.82) is 0 Å². The molecule has 2 aromatic rings. The minimum absolute atomic E-state index is 0.143. The standard InChI is InChI=1S/C25H29N3O6S/c29-23(19-10-12-22(13-11-19)35(32,33)28-15-4-5-16-28)18-34-24(30)20-7-6-14-27(17-20)25(31)26-21-8-2-1-3-9-21/h1-3,8-13,20H,4-7,14-18H2,(H,26,31). The quantitative estimate of drug-likeness (QED) is 0.463. The van der Waals surface area contributed by atoms with Crippen LogP contribution in [-0.4, -0.2) is 68.2 Å². The molecule has 2 saturated heterocycles. The van der Waals surface area contributed by atoms with Gasteiger partial charge in [-0.1, -0.05) is 18.2 Å². The first kappa shape index (κ1) is 24.9. The van der Waals surface area contributed by atoms with Crippen LogP contribution in [0.1, 0.15) is 36.0 Å². The van der Waals surface area contributed by atoms with Crippen LogP contribution in [-0.2, 0) is 19.6 Å². The molecule has 186 valence electrons. The number of esters is 1. The number of ether oxygens (including phenoxy) is 1. The third kappa shape index (κ3) is 6.07. The fourth-order valence-corrected chi connectivity index (χ4v) is 5.82. The highest BCUT2D eigenvalue weighted by molar-refractivity contribution is 7.89. The van der Waals surface area contributed by atoms with Crippen LogP contribution in [0.2, 0.25) is 0 Å². The number of carbonyl (C=O) groups excluding carboxylic acids is 3. The summed E-state index contributed by atoms with van der Waals surface area (Å²) in [7, 11) is -3.55. The number of nitrogens with zero attached hydrogens (tertiary/aromatic N) is 2. The first-order chi connectivity index (χ1) is 16.8. The molecule has 0 aliphatic carbocycles. The van der Waals surface area contributed by atoms with Crippen molar-refractivity contribution in [2.75, 3.05) is 38.1 Å². The minimum Gasteiger partial charge on any atom is -0.457 e. The molecule has 10 heteroatoms. The normalized spacial score (nSPS) is 18.7. The van der Waals surface area contributed by atoms with Gasteiger partial charge in [0.15, 0.2) is 12.4 Å². The molecule has 4 rings (SSSR count). The monoisotopic (exact) mass is 499 g/mol. The highest BCUT2D eigenvalue weighted by Crippen LogP contribution is 2.22. The Bertz CT molecular complexity index is 1160. The van der Waals surface area contributed by atoms with E-state index >= 15 is 0 Å². The van der Waals surface area contributed by atoms with Crippen molar-refractivity contribution in [2.45, 2.75) is 30.6 Å². The number of ketones is 1. The number of amides is 2. The second-order valence-corrected chi connectivity index (χ2v) is 10.7. The molecule has 9 nitrogen and oxygen atoms in total. The minimum atomic E-state index is -3.55. The first-order valence-corrected chi connectivity index (χ1v) is 13.2. The van der Waals surface area contributed by atoms with E-state index in [4.69, 9.17) is 4.74 Å². The predicted octanol–water partition coefficient (Wildman–Crippen LogP) is 3.14. The van der Waals surface area contributed by atoms with E-state index < -0.39 is 34.3 Å². The Hall–Kier alpha value is -3.24. The van der Waals surface area contributed by atoms with Gasteiger partial charge in [-0.05, 0) is 62.1 Å². The van der Waals surface area contributed by atoms with Gasteiger partial charge in [0.1, 0.15) is 0 Å². The molecule has 2 aliphatic rings. The summed E-state index contributed by atoms with van der Waals surface area (Å²) in [6.07, 6.45) is 2.92. The number of carbonyl (C=O) groups is 3. The lowest BCUT2D eigenvalue weighted by Gasteiger charge is -2.31. The van der Waals surface area contributed by atoms with Gasteiger partial charge in [0.25, 0.3) is 0 Å². The summed E-state index contributed by atoms with van der Waals surface area (Å²) >= 11 is 0. The van der Waals surface area contributed by atoms with Crippen LogP contribution in [0.15, 0.2) is 59.5 Å². The predicted molar refractivity (Wildman–Crippen MR) is 129 cm³/mol. The average molecular weight is 500 g/mol. The van der Waals surface area contributed by atoms with Gasteiger partial charge in [0, 0.05) is 37.4 Å². The van der Waals surface area contributed by atoms with Crippen LogP contribution in [0.3, 0.4) is 0 Å². The van der Waals surface area contributed by atoms with E-state index in [9.17, 15) is 22.8 Å². The Labute approximate surface area is 205 Å². The highest BCUT2D eigenvalue weighted by Gasteiger charge is 2.30. The maximum atomic E-state index is 12.6. The van der Waals surface area contributed by atoms with Crippen molar-refractivity contribution in [3.63, 3.8) is 0 Å². The van der Waals surface area contributed by atoms with Crippen LogP contribution in [0.25, 0.3) is 0 Å². The number of piperidine rings is 1. The van der Waals surface area contributed by atoms with E-state index in [2.05, 4.69) is 5.32 Å². The van der Waals surface area contributed by atoms with Gasteiger partial charge in [0.05, 0.1) is 10.8 Å². The molecule has 1 unspecified atom stereocenters. The topological polar surface area (TPSA) is 113 Å². The second-order valence-electron chi connectivity index (χ2n) is 8.75. The molecular weight excluding hydrogens is 470 g/mol. The molecule has 0 spiro atoms. The number of nitrogens with one attached hydrogen (secondary N) is 1. The van der Waals surface area contributed by atoms with Gasteiger partial charge in [0.2, 0.25) is 10.0 Å². The molecular formula is C25H29N3O6S. The number of para-hydroxylation sites is 1. The second kappa shape index (κ2) is 11.0. The first-order valence-electron chi connectivity index (χ1n) is 11.8. The van der Waals surface area contributed by atoms with Crippen molar-refractivity contribution in [2.24, 2.45) is 5.92 Å². The van der Waals surface area contributed by atoms with E-state index in [-0.39, 0.29) is 23.0 Å². The Morgan fingerprint density at radius 2 is 1.60 bits per heavy atom. The molecule has 2 aromatic carbocycles. The van der Waals surface area contributed by atoms with Crippen LogP contribution < -0.4 is 5.32 Å². The van der Waals surface area contributed by atoms with Crippen LogP contribution >= 0.6 is 0 Å². The highest BCUT2D eigenvalue weighted by atomic mass is 32.2. The van der Waals surface area contributed by atoms with Crippen molar-refractivity contribution in [1.82, 2.24) is 9.21 Å². The van der Waals surface area contributed by atoms with Gasteiger partial charge < -0.3 is 15.0 Å². The molecule has 0 saturated carbocycles. The van der Waals surface area contributed by atoms with Gasteiger partial charge in [-0.3, -0.25) is 9.59 Å². The number of anilines is 1. The molecule has 0 radical (unpaired) electrons. The van der Waals surface area contributed by atoms with Crippen molar-refractivity contribution in [3.8, 4) is 0 Å². The summed E-state index contributed by atoms with van der Waals surface area (Å²) < 4.78 is 31.9. The van der Waals surface area contributed by atoms with E-state index in [1.807, 2.05) is 18.2 Å². The third-order valence-corrected chi connectivity index (χ3v) is 8.20. The smallest absolute Gasteiger partial charge is 0.321 e. The summed E-state index contributed by atoms with van der Waals surface area (Å²) in [6.45, 7) is 1.32. The molecule has 2 amide bonds. The van der Waals surface area contributed by atoms with E-state index in [0.717, 1.165) is 12.8 Å². The number of likely N-dealkylation sites (tertiary alicyclic amines) is 1. The summed E-state index contributed by atoms with van der Waals surface area (Å²) in [5, 5.41) is 2.81. The molecule has 1 N–H and O–H groups in total. The molecule has 35 heavy (non-hydrogen) atoms. The van der Waals surface area contributed by atoms with Crippen molar-refractivity contribution in [3.05, 3.63) is 60.2 Å².